The Balaban J connectivity index is 1.91. The van der Waals surface area contributed by atoms with Crippen LogP contribution in [0.25, 0.3) is 0 Å². The minimum Gasteiger partial charge on any atom is -0.298 e. The van der Waals surface area contributed by atoms with Crippen molar-refractivity contribution in [3.63, 3.8) is 0 Å². The summed E-state index contributed by atoms with van der Waals surface area (Å²) in [5.41, 5.74) is 0. The van der Waals surface area contributed by atoms with Gasteiger partial charge in [-0.1, -0.05) is 25.7 Å². The van der Waals surface area contributed by atoms with E-state index in [0.717, 1.165) is 12.6 Å². The second-order valence-corrected chi connectivity index (χ2v) is 6.61. The fourth-order valence-electron chi connectivity index (χ4n) is 2.49. The summed E-state index contributed by atoms with van der Waals surface area (Å²) in [5.74, 6) is 0. The lowest BCUT2D eigenvalue weighted by molar-refractivity contribution is 0.214. The van der Waals surface area contributed by atoms with Gasteiger partial charge in [0.2, 0.25) is 0 Å². The van der Waals surface area contributed by atoms with Crippen LogP contribution in [0.5, 0.6) is 0 Å². The van der Waals surface area contributed by atoms with E-state index in [4.69, 9.17) is 0 Å². The molecule has 0 saturated heterocycles. The summed E-state index contributed by atoms with van der Waals surface area (Å²) >= 11 is 5.48. The molecule has 1 aliphatic rings. The van der Waals surface area contributed by atoms with Gasteiger partial charge in [0.25, 0.3) is 0 Å². The van der Waals surface area contributed by atoms with Crippen molar-refractivity contribution < 1.29 is 0 Å². The Hall–Kier alpha value is 0.140. The molecule has 1 saturated carbocycles. The molecule has 0 radical (unpaired) electrons. The van der Waals surface area contributed by atoms with E-state index in [1.54, 1.807) is 0 Å². The van der Waals surface area contributed by atoms with Crippen LogP contribution >= 0.6 is 27.3 Å². The number of halogens is 1. The maximum absolute atomic E-state index is 3.62. The Morgan fingerprint density at radius 3 is 2.56 bits per heavy atom. The summed E-state index contributed by atoms with van der Waals surface area (Å²) in [6.07, 6.45) is 8.49. The first-order chi connectivity index (χ1) is 7.77. The highest BCUT2D eigenvalue weighted by atomic mass is 79.9. The van der Waals surface area contributed by atoms with E-state index in [9.17, 15) is 0 Å². The topological polar surface area (TPSA) is 3.24 Å². The van der Waals surface area contributed by atoms with Gasteiger partial charge >= 0.3 is 0 Å². The summed E-state index contributed by atoms with van der Waals surface area (Å²) < 4.78 is 1.28. The first-order valence-corrected chi connectivity index (χ1v) is 7.87. The van der Waals surface area contributed by atoms with Gasteiger partial charge in [0.1, 0.15) is 0 Å². The molecule has 16 heavy (non-hydrogen) atoms. The third-order valence-electron chi connectivity index (χ3n) is 3.53. The zero-order chi connectivity index (χ0) is 11.4. The standard InChI is InChI=1S/C13H20BrNS/c1-15(10-13-12(14)8-9-16-13)11-6-4-2-3-5-7-11/h8-9,11H,2-7,10H2,1H3. The molecule has 1 aromatic heterocycles. The second kappa shape index (κ2) is 6.18. The largest absolute Gasteiger partial charge is 0.298 e. The lowest BCUT2D eigenvalue weighted by Gasteiger charge is -2.26. The van der Waals surface area contributed by atoms with E-state index >= 15 is 0 Å². The molecule has 0 bridgehead atoms. The number of nitrogens with zero attached hydrogens (tertiary/aromatic N) is 1. The predicted molar refractivity (Wildman–Crippen MR) is 75.0 cm³/mol. The van der Waals surface area contributed by atoms with Crippen LogP contribution in [0.2, 0.25) is 0 Å². The lowest BCUT2D eigenvalue weighted by atomic mass is 10.1. The van der Waals surface area contributed by atoms with Crippen LogP contribution < -0.4 is 0 Å². The molecule has 0 aliphatic heterocycles. The molecule has 0 atom stereocenters. The molecular weight excluding hydrogens is 282 g/mol. The van der Waals surface area contributed by atoms with Gasteiger partial charge in [0, 0.05) is 21.9 Å². The Kier molecular flexibility index (Phi) is 4.86. The fourth-order valence-corrected chi connectivity index (χ4v) is 4.03. The highest BCUT2D eigenvalue weighted by Gasteiger charge is 2.17. The minimum atomic E-state index is 0.802. The smallest absolute Gasteiger partial charge is 0.0339 e. The number of thiophene rings is 1. The molecule has 2 rings (SSSR count). The first kappa shape index (κ1) is 12.6. The quantitative estimate of drug-likeness (QED) is 0.734. The van der Waals surface area contributed by atoms with Gasteiger partial charge in [-0.3, -0.25) is 4.90 Å². The number of rotatable bonds is 3. The molecule has 0 N–H and O–H groups in total. The third-order valence-corrected chi connectivity index (χ3v) is 5.44. The number of hydrogen-bond acceptors (Lipinski definition) is 2. The summed E-state index contributed by atoms with van der Waals surface area (Å²) in [4.78, 5) is 4.01. The van der Waals surface area contributed by atoms with Crippen molar-refractivity contribution in [3.05, 3.63) is 20.8 Å². The molecule has 0 amide bonds. The molecule has 90 valence electrons. The van der Waals surface area contributed by atoms with Crippen molar-refractivity contribution in [2.24, 2.45) is 0 Å². The van der Waals surface area contributed by atoms with Crippen molar-refractivity contribution in [1.82, 2.24) is 4.90 Å². The van der Waals surface area contributed by atoms with Crippen LogP contribution in [0.15, 0.2) is 15.9 Å². The minimum absolute atomic E-state index is 0.802. The van der Waals surface area contributed by atoms with Crippen LogP contribution in [0.4, 0.5) is 0 Å². The monoisotopic (exact) mass is 301 g/mol. The van der Waals surface area contributed by atoms with E-state index in [-0.39, 0.29) is 0 Å². The molecule has 3 heteroatoms. The van der Waals surface area contributed by atoms with Crippen molar-refractivity contribution in [2.45, 2.75) is 51.1 Å². The first-order valence-electron chi connectivity index (χ1n) is 6.19. The Morgan fingerprint density at radius 1 is 1.31 bits per heavy atom. The van der Waals surface area contributed by atoms with Crippen molar-refractivity contribution in [2.75, 3.05) is 7.05 Å². The molecule has 1 heterocycles. The van der Waals surface area contributed by atoms with Gasteiger partial charge < -0.3 is 0 Å². The van der Waals surface area contributed by atoms with Gasteiger partial charge in [-0.05, 0) is 47.3 Å². The molecule has 1 aliphatic carbocycles. The molecule has 0 spiro atoms. The van der Waals surface area contributed by atoms with E-state index in [1.807, 2.05) is 11.3 Å². The van der Waals surface area contributed by atoms with Gasteiger partial charge in [-0.15, -0.1) is 11.3 Å². The summed E-state index contributed by atoms with van der Waals surface area (Å²) in [6.45, 7) is 1.10. The van der Waals surface area contributed by atoms with Crippen molar-refractivity contribution >= 4 is 27.3 Å². The molecule has 0 unspecified atom stereocenters. The average Bonchev–Trinajstić information content (AvgIpc) is 2.57. The highest BCUT2D eigenvalue weighted by molar-refractivity contribution is 9.10. The average molecular weight is 302 g/mol. The summed E-state index contributed by atoms with van der Waals surface area (Å²) in [7, 11) is 2.28. The van der Waals surface area contributed by atoms with E-state index in [1.165, 1.54) is 47.9 Å². The maximum Gasteiger partial charge on any atom is 0.0339 e. The zero-order valence-electron chi connectivity index (χ0n) is 9.92. The maximum atomic E-state index is 3.62. The van der Waals surface area contributed by atoms with Crippen LogP contribution in [0.3, 0.4) is 0 Å². The molecule has 1 aromatic rings. The lowest BCUT2D eigenvalue weighted by Crippen LogP contribution is -2.30. The Morgan fingerprint density at radius 2 is 2.00 bits per heavy atom. The van der Waals surface area contributed by atoms with Crippen LogP contribution in [-0.2, 0) is 6.54 Å². The van der Waals surface area contributed by atoms with Crippen LogP contribution in [0, 0.1) is 0 Å². The van der Waals surface area contributed by atoms with Crippen LogP contribution in [0.1, 0.15) is 43.4 Å². The summed E-state index contributed by atoms with van der Waals surface area (Å²) in [5, 5.41) is 2.17. The molecule has 1 nitrogen and oxygen atoms in total. The van der Waals surface area contributed by atoms with Gasteiger partial charge in [0.05, 0.1) is 0 Å². The molecule has 1 fully saturated rings. The fraction of sp³-hybridized carbons (Fsp3) is 0.692. The van der Waals surface area contributed by atoms with E-state index in [2.05, 4.69) is 39.3 Å². The van der Waals surface area contributed by atoms with Gasteiger partial charge in [-0.2, -0.15) is 0 Å². The SMILES string of the molecule is CN(Cc1sccc1Br)C1CCCCCC1. The zero-order valence-corrected chi connectivity index (χ0v) is 12.3. The Bertz CT molecular complexity index is 315. The normalized spacial score (nSPS) is 18.9. The predicted octanol–water partition coefficient (Wildman–Crippen LogP) is 4.67. The molecular formula is C13H20BrNS. The molecule has 0 aromatic carbocycles. The second-order valence-electron chi connectivity index (χ2n) is 4.75. The van der Waals surface area contributed by atoms with Crippen LogP contribution in [-0.4, -0.2) is 18.0 Å². The van der Waals surface area contributed by atoms with E-state index in [0.29, 0.717) is 0 Å². The van der Waals surface area contributed by atoms with E-state index < -0.39 is 0 Å². The summed E-state index contributed by atoms with van der Waals surface area (Å²) in [6, 6.07) is 2.96. The third kappa shape index (κ3) is 3.31. The van der Waals surface area contributed by atoms with Crippen molar-refractivity contribution in [3.8, 4) is 0 Å². The van der Waals surface area contributed by atoms with Gasteiger partial charge in [0.15, 0.2) is 0 Å². The Labute approximate surface area is 111 Å². The van der Waals surface area contributed by atoms with Gasteiger partial charge in [-0.25, -0.2) is 0 Å². The van der Waals surface area contributed by atoms with Crippen molar-refractivity contribution in [1.29, 1.82) is 0 Å². The number of hydrogen-bond donors (Lipinski definition) is 0. The highest BCUT2D eigenvalue weighted by Crippen LogP contribution is 2.27.